The zero-order chi connectivity index (χ0) is 14.4. The highest BCUT2D eigenvalue weighted by molar-refractivity contribution is 5.81. The lowest BCUT2D eigenvalue weighted by atomic mass is 10.0. The van der Waals surface area contributed by atoms with E-state index in [1.54, 1.807) is 7.11 Å². The van der Waals surface area contributed by atoms with Crippen LogP contribution in [0.15, 0.2) is 24.3 Å². The largest absolute Gasteiger partial charge is 0.497 e. The van der Waals surface area contributed by atoms with Gasteiger partial charge < -0.3 is 15.4 Å². The SMILES string of the molecule is COc1ccc(CC(C)CNC(=O)C2CCCN2)cc1. The molecule has 2 atom stereocenters. The summed E-state index contributed by atoms with van der Waals surface area (Å²) in [5, 5.41) is 6.26. The molecule has 1 aliphatic heterocycles. The molecule has 0 aliphatic carbocycles. The number of amides is 1. The highest BCUT2D eigenvalue weighted by Gasteiger charge is 2.21. The van der Waals surface area contributed by atoms with E-state index in [1.807, 2.05) is 12.1 Å². The summed E-state index contributed by atoms with van der Waals surface area (Å²) in [5.41, 5.74) is 1.27. The normalized spacial score (nSPS) is 19.6. The van der Waals surface area contributed by atoms with Gasteiger partial charge in [0, 0.05) is 6.54 Å². The van der Waals surface area contributed by atoms with Gasteiger partial charge in [0.2, 0.25) is 5.91 Å². The molecular weight excluding hydrogens is 252 g/mol. The van der Waals surface area contributed by atoms with Gasteiger partial charge in [-0.1, -0.05) is 19.1 Å². The minimum absolute atomic E-state index is 0.0168. The number of benzene rings is 1. The molecular formula is C16H24N2O2. The standard InChI is InChI=1S/C16H24N2O2/c1-12(10-13-5-7-14(20-2)8-6-13)11-18-16(19)15-4-3-9-17-15/h5-8,12,15,17H,3-4,9-11H2,1-2H3,(H,18,19). The lowest BCUT2D eigenvalue weighted by Gasteiger charge is -2.15. The number of methoxy groups -OCH3 is 1. The van der Waals surface area contributed by atoms with Crippen molar-refractivity contribution < 1.29 is 9.53 Å². The zero-order valence-corrected chi connectivity index (χ0v) is 12.3. The Hall–Kier alpha value is -1.55. The molecule has 20 heavy (non-hydrogen) atoms. The first-order valence-corrected chi connectivity index (χ1v) is 7.33. The van der Waals surface area contributed by atoms with Crippen molar-refractivity contribution in [2.45, 2.75) is 32.2 Å². The van der Waals surface area contributed by atoms with E-state index < -0.39 is 0 Å². The minimum atomic E-state index is 0.0168. The third kappa shape index (κ3) is 4.23. The van der Waals surface area contributed by atoms with Crippen LogP contribution in [0.3, 0.4) is 0 Å². The van der Waals surface area contributed by atoms with Crippen molar-refractivity contribution in [2.24, 2.45) is 5.92 Å². The number of hydrogen-bond acceptors (Lipinski definition) is 3. The molecule has 0 radical (unpaired) electrons. The van der Waals surface area contributed by atoms with Gasteiger partial charge in [-0.25, -0.2) is 0 Å². The molecule has 0 bridgehead atoms. The van der Waals surface area contributed by atoms with E-state index in [0.717, 1.165) is 38.1 Å². The summed E-state index contributed by atoms with van der Waals surface area (Å²) in [6.45, 7) is 3.84. The van der Waals surface area contributed by atoms with Crippen LogP contribution in [0.5, 0.6) is 5.75 Å². The van der Waals surface area contributed by atoms with Crippen LogP contribution < -0.4 is 15.4 Å². The van der Waals surface area contributed by atoms with Crippen molar-refractivity contribution >= 4 is 5.91 Å². The van der Waals surface area contributed by atoms with Gasteiger partial charge in [-0.2, -0.15) is 0 Å². The van der Waals surface area contributed by atoms with Crippen molar-refractivity contribution in [2.75, 3.05) is 20.2 Å². The Morgan fingerprint density at radius 2 is 2.20 bits per heavy atom. The van der Waals surface area contributed by atoms with E-state index in [0.29, 0.717) is 5.92 Å². The molecule has 4 heteroatoms. The number of hydrogen-bond donors (Lipinski definition) is 2. The highest BCUT2D eigenvalue weighted by atomic mass is 16.5. The molecule has 0 spiro atoms. The molecule has 1 fully saturated rings. The Kier molecular flexibility index (Phi) is 5.41. The number of ether oxygens (including phenoxy) is 1. The second-order valence-electron chi connectivity index (χ2n) is 5.55. The molecule has 4 nitrogen and oxygen atoms in total. The maximum atomic E-state index is 11.9. The summed E-state index contributed by atoms with van der Waals surface area (Å²) in [7, 11) is 1.67. The fraction of sp³-hybridized carbons (Fsp3) is 0.562. The lowest BCUT2D eigenvalue weighted by molar-refractivity contribution is -0.122. The van der Waals surface area contributed by atoms with E-state index in [1.165, 1.54) is 5.56 Å². The van der Waals surface area contributed by atoms with Crippen molar-refractivity contribution in [3.05, 3.63) is 29.8 Å². The zero-order valence-electron chi connectivity index (χ0n) is 12.3. The molecule has 1 heterocycles. The van der Waals surface area contributed by atoms with Crippen molar-refractivity contribution in [1.82, 2.24) is 10.6 Å². The van der Waals surface area contributed by atoms with E-state index in [2.05, 4.69) is 29.7 Å². The summed E-state index contributed by atoms with van der Waals surface area (Å²) in [6, 6.07) is 8.13. The van der Waals surface area contributed by atoms with Crippen molar-refractivity contribution in [1.29, 1.82) is 0 Å². The first-order valence-electron chi connectivity index (χ1n) is 7.33. The second-order valence-corrected chi connectivity index (χ2v) is 5.55. The number of carbonyl (C=O) groups excluding carboxylic acids is 1. The monoisotopic (exact) mass is 276 g/mol. The minimum Gasteiger partial charge on any atom is -0.497 e. The summed E-state index contributed by atoms with van der Waals surface area (Å²) in [5.74, 6) is 1.44. The summed E-state index contributed by atoms with van der Waals surface area (Å²) < 4.78 is 5.15. The van der Waals surface area contributed by atoms with Gasteiger partial charge in [-0.3, -0.25) is 4.79 Å². The molecule has 2 unspecified atom stereocenters. The molecule has 1 amide bonds. The first kappa shape index (κ1) is 14.9. The average Bonchev–Trinajstić information content (AvgIpc) is 3.00. The van der Waals surface area contributed by atoms with Gasteiger partial charge in [-0.05, 0) is 49.4 Å². The van der Waals surface area contributed by atoms with E-state index in [4.69, 9.17) is 4.74 Å². The predicted molar refractivity (Wildman–Crippen MR) is 79.9 cm³/mol. The van der Waals surface area contributed by atoms with Gasteiger partial charge >= 0.3 is 0 Å². The molecule has 2 N–H and O–H groups in total. The molecule has 0 aromatic heterocycles. The Morgan fingerprint density at radius 1 is 1.45 bits per heavy atom. The van der Waals surface area contributed by atoms with Gasteiger partial charge in [0.05, 0.1) is 13.2 Å². The van der Waals surface area contributed by atoms with Crippen LogP contribution >= 0.6 is 0 Å². The van der Waals surface area contributed by atoms with Crippen molar-refractivity contribution in [3.63, 3.8) is 0 Å². The van der Waals surface area contributed by atoms with Crippen LogP contribution in [0.25, 0.3) is 0 Å². The van der Waals surface area contributed by atoms with Gasteiger partial charge in [-0.15, -0.1) is 0 Å². The first-order chi connectivity index (χ1) is 9.69. The summed E-state index contributed by atoms with van der Waals surface area (Å²) >= 11 is 0. The fourth-order valence-electron chi connectivity index (χ4n) is 2.54. The average molecular weight is 276 g/mol. The molecule has 1 saturated heterocycles. The number of carbonyl (C=O) groups is 1. The van der Waals surface area contributed by atoms with Crippen LogP contribution in [0.1, 0.15) is 25.3 Å². The van der Waals surface area contributed by atoms with Crippen LogP contribution in [0, 0.1) is 5.92 Å². The molecule has 2 rings (SSSR count). The highest BCUT2D eigenvalue weighted by Crippen LogP contribution is 2.14. The van der Waals surface area contributed by atoms with E-state index in [9.17, 15) is 4.79 Å². The molecule has 110 valence electrons. The third-order valence-corrected chi connectivity index (χ3v) is 3.74. The maximum Gasteiger partial charge on any atom is 0.237 e. The molecule has 1 aromatic rings. The lowest BCUT2D eigenvalue weighted by Crippen LogP contribution is -2.42. The van der Waals surface area contributed by atoms with Crippen LogP contribution in [0.4, 0.5) is 0 Å². The quantitative estimate of drug-likeness (QED) is 0.832. The number of rotatable bonds is 6. The smallest absolute Gasteiger partial charge is 0.237 e. The maximum absolute atomic E-state index is 11.9. The Balaban J connectivity index is 1.73. The predicted octanol–water partition coefficient (Wildman–Crippen LogP) is 1.74. The molecule has 0 saturated carbocycles. The second kappa shape index (κ2) is 7.29. The fourth-order valence-corrected chi connectivity index (χ4v) is 2.54. The molecule has 1 aromatic carbocycles. The van der Waals surface area contributed by atoms with Crippen LogP contribution in [0.2, 0.25) is 0 Å². The van der Waals surface area contributed by atoms with E-state index in [-0.39, 0.29) is 11.9 Å². The summed E-state index contributed by atoms with van der Waals surface area (Å²) in [4.78, 5) is 11.9. The van der Waals surface area contributed by atoms with Gasteiger partial charge in [0.25, 0.3) is 0 Å². The van der Waals surface area contributed by atoms with Gasteiger partial charge in [0.1, 0.15) is 5.75 Å². The number of nitrogens with one attached hydrogen (secondary N) is 2. The topological polar surface area (TPSA) is 50.4 Å². The van der Waals surface area contributed by atoms with Crippen LogP contribution in [-0.2, 0) is 11.2 Å². The third-order valence-electron chi connectivity index (χ3n) is 3.74. The summed E-state index contributed by atoms with van der Waals surface area (Å²) in [6.07, 6.45) is 3.01. The van der Waals surface area contributed by atoms with Crippen LogP contribution in [-0.4, -0.2) is 32.1 Å². The Morgan fingerprint density at radius 3 is 2.80 bits per heavy atom. The Bertz CT molecular complexity index is 425. The Labute approximate surface area is 120 Å². The van der Waals surface area contributed by atoms with Gasteiger partial charge in [0.15, 0.2) is 0 Å². The van der Waals surface area contributed by atoms with Crippen molar-refractivity contribution in [3.8, 4) is 5.75 Å². The van der Waals surface area contributed by atoms with E-state index >= 15 is 0 Å². The molecule has 1 aliphatic rings.